The van der Waals surface area contributed by atoms with Crippen molar-refractivity contribution >= 4 is 23.5 Å². The number of carbonyl (C=O) groups is 2. The van der Waals surface area contributed by atoms with Gasteiger partial charge in [0.2, 0.25) is 0 Å². The van der Waals surface area contributed by atoms with E-state index in [4.69, 9.17) is 5.41 Å². The van der Waals surface area contributed by atoms with Crippen LogP contribution in [0.3, 0.4) is 0 Å². The third-order valence-corrected chi connectivity index (χ3v) is 4.00. The summed E-state index contributed by atoms with van der Waals surface area (Å²) < 4.78 is 14.3. The Balaban J connectivity index is 1.80. The quantitative estimate of drug-likeness (QED) is 0.728. The number of nitrogens with one attached hydrogen (secondary N) is 3. The molecule has 1 aliphatic rings. The van der Waals surface area contributed by atoms with Gasteiger partial charge in [0.05, 0.1) is 12.2 Å². The number of amides is 2. The number of anilines is 1. The lowest BCUT2D eigenvalue weighted by atomic mass is 9.86. The number of halogens is 1. The molecule has 130 valence electrons. The molecule has 1 aromatic carbocycles. The van der Waals surface area contributed by atoms with Crippen LogP contribution in [-0.4, -0.2) is 33.5 Å². The molecular formula is C17H18FN5O2. The molecule has 1 atom stereocenters. The van der Waals surface area contributed by atoms with Crippen molar-refractivity contribution in [3.05, 3.63) is 47.4 Å². The zero-order chi connectivity index (χ0) is 18.4. The molecule has 0 fully saturated rings. The molecule has 0 saturated carbocycles. The van der Waals surface area contributed by atoms with Gasteiger partial charge in [0, 0.05) is 5.56 Å². The zero-order valence-corrected chi connectivity index (χ0v) is 14.1. The predicted molar refractivity (Wildman–Crippen MR) is 90.4 cm³/mol. The van der Waals surface area contributed by atoms with Crippen molar-refractivity contribution in [2.24, 2.45) is 5.41 Å². The van der Waals surface area contributed by atoms with E-state index >= 15 is 0 Å². The van der Waals surface area contributed by atoms with E-state index in [1.54, 1.807) is 0 Å². The highest BCUT2D eigenvalue weighted by molar-refractivity contribution is 6.13. The van der Waals surface area contributed by atoms with Crippen molar-refractivity contribution in [1.29, 1.82) is 5.41 Å². The van der Waals surface area contributed by atoms with Crippen LogP contribution in [0.4, 0.5) is 10.2 Å². The van der Waals surface area contributed by atoms with E-state index in [1.165, 1.54) is 23.0 Å². The van der Waals surface area contributed by atoms with Crippen LogP contribution in [0.25, 0.3) is 0 Å². The van der Waals surface area contributed by atoms with Crippen LogP contribution >= 0.6 is 0 Å². The molecule has 0 spiro atoms. The Hall–Kier alpha value is -3.03. The molecule has 2 amide bonds. The van der Waals surface area contributed by atoms with Crippen LogP contribution in [0.5, 0.6) is 0 Å². The minimum Gasteiger partial charge on any atom is -0.359 e. The summed E-state index contributed by atoms with van der Waals surface area (Å²) in [5, 5.41) is 17.6. The highest BCUT2D eigenvalue weighted by Gasteiger charge is 2.38. The van der Waals surface area contributed by atoms with Crippen molar-refractivity contribution in [2.45, 2.75) is 26.8 Å². The molecule has 8 heteroatoms. The summed E-state index contributed by atoms with van der Waals surface area (Å²) in [6.07, 6.45) is 1.31. The topological polar surface area (TPSA) is 99.9 Å². The van der Waals surface area contributed by atoms with Gasteiger partial charge in [-0.25, -0.2) is 9.07 Å². The number of fused-ring (bicyclic) bond motifs is 1. The summed E-state index contributed by atoms with van der Waals surface area (Å²) in [5.74, 6) is -1.11. The number of benzene rings is 1. The fourth-order valence-electron chi connectivity index (χ4n) is 2.63. The first-order chi connectivity index (χ1) is 11.7. The van der Waals surface area contributed by atoms with E-state index in [1.807, 2.05) is 20.8 Å². The van der Waals surface area contributed by atoms with Gasteiger partial charge in [-0.1, -0.05) is 20.8 Å². The standard InChI is InChI=1S/C17H18FN5O2/c1-17(2,3)12-13(19)23-14(21-12)11(8-20-23)16(25)22-15(24)9-4-6-10(18)7-5-9/h4-8,12,19,21H,1-3H3,(H,22,24,25). The molecule has 1 aromatic heterocycles. The Labute approximate surface area is 143 Å². The second kappa shape index (κ2) is 5.80. The maximum atomic E-state index is 12.9. The van der Waals surface area contributed by atoms with Gasteiger partial charge < -0.3 is 5.32 Å². The van der Waals surface area contributed by atoms with E-state index in [0.29, 0.717) is 5.82 Å². The average molecular weight is 343 g/mol. The fourth-order valence-corrected chi connectivity index (χ4v) is 2.63. The van der Waals surface area contributed by atoms with Gasteiger partial charge in [-0.05, 0) is 29.7 Å². The van der Waals surface area contributed by atoms with E-state index in [0.717, 1.165) is 12.1 Å². The average Bonchev–Trinajstić information content (AvgIpc) is 3.08. The summed E-state index contributed by atoms with van der Waals surface area (Å²) >= 11 is 0. The molecule has 1 aliphatic heterocycles. The minimum atomic E-state index is -0.634. The number of rotatable bonds is 2. The molecule has 3 rings (SSSR count). The highest BCUT2D eigenvalue weighted by Crippen LogP contribution is 2.31. The third kappa shape index (κ3) is 3.02. The molecule has 0 aliphatic carbocycles. The minimum absolute atomic E-state index is 0.173. The lowest BCUT2D eigenvalue weighted by Crippen LogP contribution is -2.38. The SMILES string of the molecule is CC(C)(C)C1Nc2c(C(=O)NC(=O)c3ccc(F)cc3)cnn2C1=N. The Bertz CT molecular complexity index is 864. The summed E-state index contributed by atoms with van der Waals surface area (Å²) in [4.78, 5) is 24.5. The third-order valence-electron chi connectivity index (χ3n) is 4.00. The van der Waals surface area contributed by atoms with Crippen molar-refractivity contribution in [2.75, 3.05) is 5.32 Å². The van der Waals surface area contributed by atoms with Crippen LogP contribution < -0.4 is 10.6 Å². The van der Waals surface area contributed by atoms with Gasteiger partial charge in [0.1, 0.15) is 23.0 Å². The molecule has 25 heavy (non-hydrogen) atoms. The zero-order valence-electron chi connectivity index (χ0n) is 14.1. The van der Waals surface area contributed by atoms with Crippen LogP contribution in [0.1, 0.15) is 41.5 Å². The number of carbonyl (C=O) groups excluding carboxylic acids is 2. The Kier molecular flexibility index (Phi) is 3.90. The second-order valence-corrected chi connectivity index (χ2v) is 6.94. The van der Waals surface area contributed by atoms with E-state index in [9.17, 15) is 14.0 Å². The molecule has 3 N–H and O–H groups in total. The number of hydrogen-bond acceptors (Lipinski definition) is 5. The van der Waals surface area contributed by atoms with Crippen LogP contribution in [0.15, 0.2) is 30.5 Å². The number of aromatic nitrogens is 2. The maximum absolute atomic E-state index is 12.9. The van der Waals surface area contributed by atoms with Crippen LogP contribution in [-0.2, 0) is 0 Å². The first-order valence-corrected chi connectivity index (χ1v) is 7.73. The summed E-state index contributed by atoms with van der Waals surface area (Å²) in [6.45, 7) is 5.93. The van der Waals surface area contributed by atoms with E-state index in [-0.39, 0.29) is 28.4 Å². The van der Waals surface area contributed by atoms with Crippen molar-refractivity contribution in [3.63, 3.8) is 0 Å². The Morgan fingerprint density at radius 3 is 2.48 bits per heavy atom. The molecule has 7 nitrogen and oxygen atoms in total. The Morgan fingerprint density at radius 1 is 1.24 bits per heavy atom. The largest absolute Gasteiger partial charge is 0.359 e. The fraction of sp³-hybridized carbons (Fsp3) is 0.294. The number of nitrogens with zero attached hydrogens (tertiary/aromatic N) is 2. The highest BCUT2D eigenvalue weighted by atomic mass is 19.1. The van der Waals surface area contributed by atoms with E-state index in [2.05, 4.69) is 15.7 Å². The molecule has 2 aromatic rings. The summed E-state index contributed by atoms with van der Waals surface area (Å²) in [6, 6.07) is 4.59. The van der Waals surface area contributed by atoms with Crippen LogP contribution in [0, 0.1) is 16.6 Å². The van der Waals surface area contributed by atoms with Gasteiger partial charge in [-0.2, -0.15) is 5.10 Å². The summed E-state index contributed by atoms with van der Waals surface area (Å²) in [7, 11) is 0. The first kappa shape index (κ1) is 16.8. The van der Waals surface area contributed by atoms with Gasteiger partial charge >= 0.3 is 0 Å². The smallest absolute Gasteiger partial charge is 0.263 e. The molecule has 0 saturated heterocycles. The first-order valence-electron chi connectivity index (χ1n) is 7.73. The monoisotopic (exact) mass is 343 g/mol. The van der Waals surface area contributed by atoms with Crippen molar-refractivity contribution in [3.8, 4) is 0 Å². The van der Waals surface area contributed by atoms with E-state index < -0.39 is 17.6 Å². The summed E-state index contributed by atoms with van der Waals surface area (Å²) in [5.41, 5.74) is 0.105. The predicted octanol–water partition coefficient (Wildman–Crippen LogP) is 2.26. The molecule has 2 heterocycles. The molecule has 0 bridgehead atoms. The van der Waals surface area contributed by atoms with Crippen molar-refractivity contribution in [1.82, 2.24) is 15.1 Å². The molecule has 0 radical (unpaired) electrons. The lowest BCUT2D eigenvalue weighted by Gasteiger charge is -2.26. The Morgan fingerprint density at radius 2 is 1.88 bits per heavy atom. The second-order valence-electron chi connectivity index (χ2n) is 6.94. The number of hydrogen-bond donors (Lipinski definition) is 3. The van der Waals surface area contributed by atoms with Gasteiger partial charge in [0.25, 0.3) is 11.8 Å². The molecular weight excluding hydrogens is 325 g/mol. The van der Waals surface area contributed by atoms with Crippen molar-refractivity contribution < 1.29 is 14.0 Å². The van der Waals surface area contributed by atoms with Gasteiger partial charge in [-0.3, -0.25) is 20.3 Å². The number of imide groups is 1. The van der Waals surface area contributed by atoms with Gasteiger partial charge in [0.15, 0.2) is 0 Å². The normalized spacial score (nSPS) is 16.3. The lowest BCUT2D eigenvalue weighted by molar-refractivity contribution is 0.0850. The molecule has 1 unspecified atom stereocenters. The van der Waals surface area contributed by atoms with Gasteiger partial charge in [-0.15, -0.1) is 0 Å². The maximum Gasteiger partial charge on any atom is 0.263 e. The van der Waals surface area contributed by atoms with Crippen LogP contribution in [0.2, 0.25) is 0 Å².